The van der Waals surface area contributed by atoms with Gasteiger partial charge in [0.2, 0.25) is 0 Å². The van der Waals surface area contributed by atoms with Gasteiger partial charge in [0.05, 0.1) is 6.61 Å². The highest BCUT2D eigenvalue weighted by molar-refractivity contribution is 4.68. The van der Waals surface area contributed by atoms with Crippen LogP contribution in [-0.2, 0) is 9.47 Å². The summed E-state index contributed by atoms with van der Waals surface area (Å²) in [7, 11) is 0. The molecule has 1 aliphatic rings. The van der Waals surface area contributed by atoms with Gasteiger partial charge in [-0.15, -0.1) is 0 Å². The predicted octanol–water partition coefficient (Wildman–Crippen LogP) is 1.18. The fourth-order valence-corrected chi connectivity index (χ4v) is 1.59. The van der Waals surface area contributed by atoms with Crippen molar-refractivity contribution in [2.75, 3.05) is 33.0 Å². The van der Waals surface area contributed by atoms with E-state index in [4.69, 9.17) is 9.47 Å². The zero-order chi connectivity index (χ0) is 9.36. The van der Waals surface area contributed by atoms with Gasteiger partial charge in [0.25, 0.3) is 0 Å². The summed E-state index contributed by atoms with van der Waals surface area (Å²) in [5, 5.41) is 3.49. The first kappa shape index (κ1) is 11.0. The Hall–Kier alpha value is -0.120. The molecular weight excluding hydrogens is 166 g/mol. The van der Waals surface area contributed by atoms with E-state index in [2.05, 4.69) is 5.32 Å². The fraction of sp³-hybridized carbons (Fsp3) is 1.00. The first-order valence-corrected chi connectivity index (χ1v) is 5.32. The zero-order valence-electron chi connectivity index (χ0n) is 8.55. The van der Waals surface area contributed by atoms with Gasteiger partial charge in [-0.25, -0.2) is 0 Å². The summed E-state index contributed by atoms with van der Waals surface area (Å²) in [6.07, 6.45) is 3.57. The van der Waals surface area contributed by atoms with Crippen molar-refractivity contribution in [3.05, 3.63) is 0 Å². The zero-order valence-corrected chi connectivity index (χ0v) is 8.55. The van der Waals surface area contributed by atoms with E-state index in [0.29, 0.717) is 6.04 Å². The second-order valence-corrected chi connectivity index (χ2v) is 3.39. The lowest BCUT2D eigenvalue weighted by atomic mass is 10.1. The van der Waals surface area contributed by atoms with Gasteiger partial charge in [0.1, 0.15) is 0 Å². The van der Waals surface area contributed by atoms with E-state index in [1.165, 1.54) is 12.8 Å². The van der Waals surface area contributed by atoms with E-state index >= 15 is 0 Å². The van der Waals surface area contributed by atoms with Gasteiger partial charge >= 0.3 is 0 Å². The number of ether oxygens (including phenoxy) is 2. The molecule has 1 rings (SSSR count). The van der Waals surface area contributed by atoms with Crippen LogP contribution in [-0.4, -0.2) is 39.0 Å². The summed E-state index contributed by atoms with van der Waals surface area (Å²) >= 11 is 0. The third kappa shape index (κ3) is 5.24. The maximum atomic E-state index is 5.38. The Morgan fingerprint density at radius 3 is 3.15 bits per heavy atom. The van der Waals surface area contributed by atoms with E-state index in [9.17, 15) is 0 Å². The first-order valence-electron chi connectivity index (χ1n) is 5.32. The molecule has 3 heteroatoms. The molecule has 1 N–H and O–H groups in total. The average Bonchev–Trinajstić information content (AvgIpc) is 2.41. The number of rotatable bonds is 5. The molecule has 0 aromatic carbocycles. The second-order valence-electron chi connectivity index (χ2n) is 3.39. The van der Waals surface area contributed by atoms with Crippen LogP contribution in [0.25, 0.3) is 0 Å². The van der Waals surface area contributed by atoms with Crippen molar-refractivity contribution in [3.63, 3.8) is 0 Å². The minimum atomic E-state index is 0.642. The summed E-state index contributed by atoms with van der Waals surface area (Å²) in [6.45, 7) is 6.48. The summed E-state index contributed by atoms with van der Waals surface area (Å²) in [5.74, 6) is 0. The lowest BCUT2D eigenvalue weighted by molar-refractivity contribution is 0.137. The monoisotopic (exact) mass is 187 g/mol. The molecule has 0 radical (unpaired) electrons. The molecule has 78 valence electrons. The summed E-state index contributed by atoms with van der Waals surface area (Å²) < 4.78 is 10.6. The molecule has 13 heavy (non-hydrogen) atoms. The quantitative estimate of drug-likeness (QED) is 0.656. The van der Waals surface area contributed by atoms with Gasteiger partial charge in [-0.3, -0.25) is 0 Å². The van der Waals surface area contributed by atoms with E-state index in [1.54, 1.807) is 0 Å². The molecule has 1 aliphatic heterocycles. The van der Waals surface area contributed by atoms with Gasteiger partial charge < -0.3 is 14.8 Å². The smallest absolute Gasteiger partial charge is 0.0590 e. The maximum absolute atomic E-state index is 5.38. The van der Waals surface area contributed by atoms with Crippen LogP contribution < -0.4 is 5.32 Å². The Bertz CT molecular complexity index is 111. The van der Waals surface area contributed by atoms with Gasteiger partial charge in [-0.1, -0.05) is 0 Å². The Morgan fingerprint density at radius 2 is 2.31 bits per heavy atom. The van der Waals surface area contributed by atoms with Crippen LogP contribution in [0.5, 0.6) is 0 Å². The van der Waals surface area contributed by atoms with Crippen molar-refractivity contribution in [1.82, 2.24) is 5.32 Å². The molecule has 0 amide bonds. The van der Waals surface area contributed by atoms with Crippen molar-refractivity contribution in [2.24, 2.45) is 0 Å². The fourth-order valence-electron chi connectivity index (χ4n) is 1.59. The highest BCUT2D eigenvalue weighted by Gasteiger charge is 2.10. The SMILES string of the molecule is CCOCCNC1CCCOCC1. The van der Waals surface area contributed by atoms with Crippen LogP contribution >= 0.6 is 0 Å². The largest absolute Gasteiger partial charge is 0.381 e. The molecule has 0 spiro atoms. The van der Waals surface area contributed by atoms with Crippen LogP contribution in [0.2, 0.25) is 0 Å². The summed E-state index contributed by atoms with van der Waals surface area (Å²) in [6, 6.07) is 0.642. The maximum Gasteiger partial charge on any atom is 0.0590 e. The Morgan fingerprint density at radius 1 is 1.38 bits per heavy atom. The number of nitrogens with one attached hydrogen (secondary N) is 1. The van der Waals surface area contributed by atoms with Crippen molar-refractivity contribution in [2.45, 2.75) is 32.2 Å². The molecule has 3 nitrogen and oxygen atoms in total. The highest BCUT2D eigenvalue weighted by atomic mass is 16.5. The lowest BCUT2D eigenvalue weighted by Gasteiger charge is -2.14. The van der Waals surface area contributed by atoms with E-state index in [1.807, 2.05) is 6.92 Å². The van der Waals surface area contributed by atoms with Crippen molar-refractivity contribution in [1.29, 1.82) is 0 Å². The van der Waals surface area contributed by atoms with Gasteiger partial charge in [-0.2, -0.15) is 0 Å². The van der Waals surface area contributed by atoms with Crippen LogP contribution in [0.1, 0.15) is 26.2 Å². The normalized spacial score (nSPS) is 24.2. The minimum Gasteiger partial charge on any atom is -0.381 e. The third-order valence-electron chi connectivity index (χ3n) is 2.34. The lowest BCUT2D eigenvalue weighted by Crippen LogP contribution is -2.32. The molecule has 0 aromatic rings. The number of hydrogen-bond donors (Lipinski definition) is 1. The highest BCUT2D eigenvalue weighted by Crippen LogP contribution is 2.07. The second kappa shape index (κ2) is 7.30. The molecule has 1 fully saturated rings. The Balaban J connectivity index is 1.98. The van der Waals surface area contributed by atoms with Crippen LogP contribution in [0.3, 0.4) is 0 Å². The van der Waals surface area contributed by atoms with Crippen LogP contribution in [0.4, 0.5) is 0 Å². The Labute approximate surface area is 80.8 Å². The van der Waals surface area contributed by atoms with E-state index in [0.717, 1.165) is 39.4 Å². The van der Waals surface area contributed by atoms with E-state index in [-0.39, 0.29) is 0 Å². The summed E-state index contributed by atoms with van der Waals surface area (Å²) in [4.78, 5) is 0. The average molecular weight is 187 g/mol. The molecule has 1 heterocycles. The van der Waals surface area contributed by atoms with E-state index < -0.39 is 0 Å². The molecule has 0 saturated carbocycles. The summed E-state index contributed by atoms with van der Waals surface area (Å²) in [5.41, 5.74) is 0. The molecular formula is C10H21NO2. The first-order chi connectivity index (χ1) is 6.43. The van der Waals surface area contributed by atoms with Crippen molar-refractivity contribution >= 4 is 0 Å². The standard InChI is InChI=1S/C10H21NO2/c1-2-12-9-6-11-10-4-3-7-13-8-5-10/h10-11H,2-9H2,1H3. The van der Waals surface area contributed by atoms with Gasteiger partial charge in [-0.05, 0) is 26.2 Å². The molecule has 0 bridgehead atoms. The van der Waals surface area contributed by atoms with Crippen molar-refractivity contribution in [3.8, 4) is 0 Å². The minimum absolute atomic E-state index is 0.642. The predicted molar refractivity (Wildman–Crippen MR) is 53.0 cm³/mol. The molecule has 1 saturated heterocycles. The Kier molecular flexibility index (Phi) is 6.15. The van der Waals surface area contributed by atoms with Crippen LogP contribution in [0, 0.1) is 0 Å². The van der Waals surface area contributed by atoms with Crippen molar-refractivity contribution < 1.29 is 9.47 Å². The van der Waals surface area contributed by atoms with Gasteiger partial charge in [0, 0.05) is 32.4 Å². The third-order valence-corrected chi connectivity index (χ3v) is 2.34. The van der Waals surface area contributed by atoms with Crippen LogP contribution in [0.15, 0.2) is 0 Å². The molecule has 1 unspecified atom stereocenters. The molecule has 0 aliphatic carbocycles. The molecule has 0 aromatic heterocycles. The van der Waals surface area contributed by atoms with Gasteiger partial charge in [0.15, 0.2) is 0 Å². The number of hydrogen-bond acceptors (Lipinski definition) is 3. The molecule has 1 atom stereocenters. The topological polar surface area (TPSA) is 30.5 Å².